The van der Waals surface area contributed by atoms with Crippen molar-refractivity contribution < 1.29 is 26.4 Å². The number of anilines is 1. The highest BCUT2D eigenvalue weighted by molar-refractivity contribution is 7.89. The number of benzene rings is 3. The Morgan fingerprint density at radius 1 is 0.912 bits per heavy atom. The molecule has 1 amide bonds. The molecule has 1 atom stereocenters. The molecule has 0 radical (unpaired) electrons. The monoisotopic (exact) mass is 503 g/mol. The fraction of sp³-hybridized carbons (Fsp3) is 0.174. The second-order valence-corrected chi connectivity index (χ2v) is 11.0. The van der Waals surface area contributed by atoms with E-state index in [1.807, 2.05) is 0 Å². The smallest absolute Gasteiger partial charge is 0.243 e. The van der Waals surface area contributed by atoms with Gasteiger partial charge in [0, 0.05) is 19.2 Å². The molecule has 0 aromatic heterocycles. The first-order valence-electron chi connectivity index (χ1n) is 10.1. The van der Waals surface area contributed by atoms with Gasteiger partial charge < -0.3 is 10.1 Å². The molecule has 3 aromatic rings. The SMILES string of the molecule is COc1ccc([C@H](CC(=O)Nc2ccc(S(N)(=O)=O)cc2)N(C)S(=O)(=O)c2ccccc2)cc1. The van der Waals surface area contributed by atoms with Gasteiger partial charge >= 0.3 is 0 Å². The van der Waals surface area contributed by atoms with Crippen LogP contribution in [0.3, 0.4) is 0 Å². The van der Waals surface area contributed by atoms with Crippen molar-refractivity contribution in [2.45, 2.75) is 22.3 Å². The Bertz CT molecular complexity index is 1340. The van der Waals surface area contributed by atoms with Crippen LogP contribution < -0.4 is 15.2 Å². The summed E-state index contributed by atoms with van der Waals surface area (Å²) in [7, 11) is -4.82. The zero-order valence-electron chi connectivity index (χ0n) is 18.6. The minimum absolute atomic E-state index is 0.0877. The average Bonchev–Trinajstić information content (AvgIpc) is 2.82. The first-order valence-corrected chi connectivity index (χ1v) is 13.1. The second kappa shape index (κ2) is 10.3. The lowest BCUT2D eigenvalue weighted by molar-refractivity contribution is -0.117. The van der Waals surface area contributed by atoms with Crippen molar-refractivity contribution in [2.75, 3.05) is 19.5 Å². The molecular formula is C23H25N3O6S2. The van der Waals surface area contributed by atoms with Crippen molar-refractivity contribution >= 4 is 31.6 Å². The normalized spacial score (nSPS) is 12.8. The van der Waals surface area contributed by atoms with Gasteiger partial charge in [-0.15, -0.1) is 0 Å². The molecule has 0 aliphatic heterocycles. The molecule has 11 heteroatoms. The minimum atomic E-state index is -3.90. The van der Waals surface area contributed by atoms with Gasteiger partial charge in [-0.1, -0.05) is 30.3 Å². The molecule has 34 heavy (non-hydrogen) atoms. The van der Waals surface area contributed by atoms with Gasteiger partial charge in [0.2, 0.25) is 26.0 Å². The summed E-state index contributed by atoms with van der Waals surface area (Å²) in [5.41, 5.74) is 0.946. The maximum Gasteiger partial charge on any atom is 0.243 e. The Hall–Kier alpha value is -3.25. The van der Waals surface area contributed by atoms with Gasteiger partial charge in [0.25, 0.3) is 0 Å². The lowest BCUT2D eigenvalue weighted by atomic mass is 10.0. The lowest BCUT2D eigenvalue weighted by Crippen LogP contribution is -2.33. The summed E-state index contributed by atoms with van der Waals surface area (Å²) >= 11 is 0. The van der Waals surface area contributed by atoms with Crippen LogP contribution in [0.2, 0.25) is 0 Å². The zero-order chi connectivity index (χ0) is 24.9. The maximum atomic E-state index is 13.2. The van der Waals surface area contributed by atoms with Crippen LogP contribution >= 0.6 is 0 Å². The van der Waals surface area contributed by atoms with Crippen molar-refractivity contribution in [3.63, 3.8) is 0 Å². The number of carbonyl (C=O) groups excluding carboxylic acids is 1. The molecule has 0 aliphatic carbocycles. The molecule has 0 bridgehead atoms. The van der Waals surface area contributed by atoms with Crippen LogP contribution in [-0.2, 0) is 24.8 Å². The molecule has 0 unspecified atom stereocenters. The van der Waals surface area contributed by atoms with E-state index in [1.165, 1.54) is 50.6 Å². The van der Waals surface area contributed by atoms with E-state index >= 15 is 0 Å². The van der Waals surface area contributed by atoms with Crippen molar-refractivity contribution in [3.8, 4) is 5.75 Å². The van der Waals surface area contributed by atoms with Crippen molar-refractivity contribution in [1.82, 2.24) is 4.31 Å². The number of methoxy groups -OCH3 is 1. The summed E-state index contributed by atoms with van der Waals surface area (Å²) in [5, 5.41) is 7.76. The predicted molar refractivity (Wildman–Crippen MR) is 128 cm³/mol. The number of carbonyl (C=O) groups is 1. The number of sulfonamides is 2. The van der Waals surface area contributed by atoms with Crippen molar-refractivity contribution in [2.24, 2.45) is 5.14 Å². The van der Waals surface area contributed by atoms with Gasteiger partial charge in [-0.25, -0.2) is 22.0 Å². The maximum absolute atomic E-state index is 13.2. The van der Waals surface area contributed by atoms with Crippen LogP contribution in [0, 0.1) is 0 Å². The van der Waals surface area contributed by atoms with Gasteiger partial charge in [-0.05, 0) is 54.1 Å². The largest absolute Gasteiger partial charge is 0.497 e. The van der Waals surface area contributed by atoms with Gasteiger partial charge in [0.15, 0.2) is 0 Å². The topological polar surface area (TPSA) is 136 Å². The molecule has 0 saturated carbocycles. The van der Waals surface area contributed by atoms with Crippen LogP contribution in [0.5, 0.6) is 5.75 Å². The van der Waals surface area contributed by atoms with Crippen molar-refractivity contribution in [3.05, 3.63) is 84.4 Å². The van der Waals surface area contributed by atoms with Crippen LogP contribution in [0.15, 0.2) is 88.7 Å². The third-order valence-corrected chi connectivity index (χ3v) is 8.01. The van der Waals surface area contributed by atoms with E-state index in [2.05, 4.69) is 5.32 Å². The molecule has 180 valence electrons. The summed E-state index contributed by atoms with van der Waals surface area (Å²) in [6.07, 6.45) is -0.189. The Morgan fingerprint density at radius 2 is 1.50 bits per heavy atom. The Kier molecular flexibility index (Phi) is 7.72. The third-order valence-electron chi connectivity index (χ3n) is 5.21. The molecule has 0 spiro atoms. The number of amides is 1. The zero-order valence-corrected chi connectivity index (χ0v) is 20.2. The molecule has 3 rings (SSSR count). The quantitative estimate of drug-likeness (QED) is 0.461. The van der Waals surface area contributed by atoms with Crippen LogP contribution in [-0.4, -0.2) is 41.2 Å². The Balaban J connectivity index is 1.88. The predicted octanol–water partition coefficient (Wildman–Crippen LogP) is 2.73. The van der Waals surface area contributed by atoms with Gasteiger partial charge in [0.05, 0.1) is 22.9 Å². The summed E-state index contributed by atoms with van der Waals surface area (Å²) in [6.45, 7) is 0. The molecule has 9 nitrogen and oxygen atoms in total. The Labute approximate surface area is 199 Å². The minimum Gasteiger partial charge on any atom is -0.497 e. The summed E-state index contributed by atoms with van der Waals surface area (Å²) in [6, 6.07) is 19.3. The molecule has 0 saturated heterocycles. The van der Waals surface area contributed by atoms with Gasteiger partial charge in [-0.3, -0.25) is 4.79 Å². The fourth-order valence-electron chi connectivity index (χ4n) is 3.32. The van der Waals surface area contributed by atoms with E-state index in [9.17, 15) is 21.6 Å². The van der Waals surface area contributed by atoms with Crippen LogP contribution in [0.4, 0.5) is 5.69 Å². The van der Waals surface area contributed by atoms with E-state index < -0.39 is 32.0 Å². The highest BCUT2D eigenvalue weighted by atomic mass is 32.2. The number of nitrogens with two attached hydrogens (primary N) is 1. The highest BCUT2D eigenvalue weighted by Gasteiger charge is 2.31. The van der Waals surface area contributed by atoms with Crippen LogP contribution in [0.25, 0.3) is 0 Å². The number of hydrogen-bond acceptors (Lipinski definition) is 6. The lowest BCUT2D eigenvalue weighted by Gasteiger charge is -2.28. The van der Waals surface area contributed by atoms with E-state index in [-0.39, 0.29) is 16.2 Å². The third kappa shape index (κ3) is 6.00. The Morgan fingerprint density at radius 3 is 2.03 bits per heavy atom. The first kappa shape index (κ1) is 25.4. The molecular weight excluding hydrogens is 478 g/mol. The number of nitrogens with zero attached hydrogens (tertiary/aromatic N) is 1. The fourth-order valence-corrected chi connectivity index (χ4v) is 5.20. The number of nitrogens with one attached hydrogen (secondary N) is 1. The van der Waals surface area contributed by atoms with E-state index in [0.717, 1.165) is 4.31 Å². The molecule has 0 aliphatic rings. The number of ether oxygens (including phenoxy) is 1. The number of primary sulfonamides is 1. The first-order chi connectivity index (χ1) is 16.0. The molecule has 3 aromatic carbocycles. The van der Waals surface area contributed by atoms with Gasteiger partial charge in [0.1, 0.15) is 5.75 Å². The van der Waals surface area contributed by atoms with Crippen molar-refractivity contribution in [1.29, 1.82) is 0 Å². The van der Waals surface area contributed by atoms with E-state index in [4.69, 9.17) is 9.88 Å². The second-order valence-electron chi connectivity index (χ2n) is 7.44. The average molecular weight is 504 g/mol. The van der Waals surface area contributed by atoms with E-state index in [0.29, 0.717) is 17.0 Å². The van der Waals surface area contributed by atoms with Gasteiger partial charge in [-0.2, -0.15) is 4.31 Å². The highest BCUT2D eigenvalue weighted by Crippen LogP contribution is 2.30. The standard InChI is InChI=1S/C23H25N3O6S2/c1-26(34(30,31)21-6-4-3-5-7-21)22(17-8-12-19(32-2)13-9-17)16-23(27)25-18-10-14-20(15-11-18)33(24,28)29/h3-15,22H,16H2,1-2H3,(H,25,27)(H2,24,28,29)/t22-/m0/s1. The number of rotatable bonds is 9. The molecule has 0 heterocycles. The van der Waals surface area contributed by atoms with Crippen LogP contribution in [0.1, 0.15) is 18.0 Å². The number of hydrogen-bond donors (Lipinski definition) is 2. The summed E-state index contributed by atoms with van der Waals surface area (Å²) in [5.74, 6) is 0.134. The molecule has 0 fully saturated rings. The summed E-state index contributed by atoms with van der Waals surface area (Å²) in [4.78, 5) is 12.9. The summed E-state index contributed by atoms with van der Waals surface area (Å²) < 4.78 is 55.7. The molecule has 3 N–H and O–H groups in total. The van der Waals surface area contributed by atoms with E-state index in [1.54, 1.807) is 42.5 Å².